The van der Waals surface area contributed by atoms with Gasteiger partial charge in [-0.15, -0.1) is 0 Å². The van der Waals surface area contributed by atoms with Crippen molar-refractivity contribution in [3.8, 4) is 22.3 Å². The lowest BCUT2D eigenvalue weighted by Gasteiger charge is -2.20. The van der Waals surface area contributed by atoms with E-state index in [2.05, 4.69) is 6.07 Å². The van der Waals surface area contributed by atoms with Crippen LogP contribution in [0.25, 0.3) is 87.3 Å². The standard InChI is InChI=1S/C47H30O/c1-2-15-33-30(12-1)13-11-14-31(33)28-43-37-18-5-7-21-40(37)47(41-22-8-6-19-38(41)43)42-26-25-34(35-16-3-4-17-36(35)42)32-24-27-46-44(29-32)39-20-9-10-23-45(39)48-46/h1-27,29H,28H2/i5D,6D,7D,8D,18D,19D,21D,22D. The molecule has 0 bridgehead atoms. The van der Waals surface area contributed by atoms with E-state index in [4.69, 9.17) is 9.90 Å². The van der Waals surface area contributed by atoms with Crippen LogP contribution in [0.1, 0.15) is 22.1 Å². The Morgan fingerprint density at radius 2 is 1.02 bits per heavy atom. The molecule has 0 spiro atoms. The van der Waals surface area contributed by atoms with Gasteiger partial charge in [-0.2, -0.15) is 0 Å². The van der Waals surface area contributed by atoms with Crippen LogP contribution in [-0.4, -0.2) is 0 Å². The van der Waals surface area contributed by atoms with E-state index in [-0.39, 0.29) is 52.1 Å². The van der Waals surface area contributed by atoms with Gasteiger partial charge in [0, 0.05) is 10.8 Å². The summed E-state index contributed by atoms with van der Waals surface area (Å²) in [6.45, 7) is 0. The molecular formula is C47H30O. The normalized spacial score (nSPS) is 14.2. The van der Waals surface area contributed by atoms with Crippen LogP contribution >= 0.6 is 0 Å². The fourth-order valence-corrected chi connectivity index (χ4v) is 7.45. The van der Waals surface area contributed by atoms with E-state index >= 15 is 0 Å². The van der Waals surface area contributed by atoms with Crippen molar-refractivity contribution in [2.75, 3.05) is 0 Å². The van der Waals surface area contributed by atoms with Gasteiger partial charge in [0.05, 0.1) is 11.0 Å². The summed E-state index contributed by atoms with van der Waals surface area (Å²) in [5.41, 5.74) is 5.70. The average Bonchev–Trinajstić information content (AvgIpc) is 3.60. The van der Waals surface area contributed by atoms with Crippen molar-refractivity contribution in [1.29, 1.82) is 0 Å². The minimum atomic E-state index is -0.415. The maximum Gasteiger partial charge on any atom is 0.135 e. The predicted octanol–water partition coefficient (Wildman–Crippen LogP) is 13.1. The number of hydrogen-bond donors (Lipinski definition) is 0. The average molecular weight is 619 g/mol. The molecule has 0 aliphatic heterocycles. The van der Waals surface area contributed by atoms with Crippen molar-refractivity contribution in [3.05, 3.63) is 181 Å². The molecule has 0 aliphatic carbocycles. The van der Waals surface area contributed by atoms with E-state index in [1.807, 2.05) is 115 Å². The number of hydrogen-bond acceptors (Lipinski definition) is 1. The molecule has 0 saturated carbocycles. The molecule has 9 aromatic carbocycles. The molecule has 0 radical (unpaired) electrons. The lowest BCUT2D eigenvalue weighted by molar-refractivity contribution is 0.669. The Kier molecular flexibility index (Phi) is 4.48. The van der Waals surface area contributed by atoms with Crippen LogP contribution in [0.4, 0.5) is 0 Å². The first kappa shape index (κ1) is 20.1. The van der Waals surface area contributed by atoms with Crippen molar-refractivity contribution in [2.45, 2.75) is 6.42 Å². The highest BCUT2D eigenvalue weighted by Crippen LogP contribution is 2.45. The number of para-hydroxylation sites is 1. The Hall–Kier alpha value is -6.18. The quantitative estimate of drug-likeness (QED) is 0.179. The zero-order valence-corrected chi connectivity index (χ0v) is 25.7. The summed E-state index contributed by atoms with van der Waals surface area (Å²) in [5, 5.41) is 6.49. The smallest absolute Gasteiger partial charge is 0.135 e. The van der Waals surface area contributed by atoms with Crippen LogP contribution in [0, 0.1) is 0 Å². The molecule has 0 amide bonds. The molecule has 1 aromatic heterocycles. The Balaban J connectivity index is 1.34. The lowest BCUT2D eigenvalue weighted by atomic mass is 9.83. The molecule has 10 aromatic rings. The fourth-order valence-electron chi connectivity index (χ4n) is 7.45. The van der Waals surface area contributed by atoms with Gasteiger partial charge in [0.1, 0.15) is 11.2 Å². The van der Waals surface area contributed by atoms with Crippen LogP contribution in [0.5, 0.6) is 0 Å². The summed E-state index contributed by atoms with van der Waals surface area (Å²) in [6.07, 6.45) is 0.170. The van der Waals surface area contributed by atoms with Crippen LogP contribution < -0.4 is 0 Å². The molecule has 0 saturated heterocycles. The summed E-state index contributed by atoms with van der Waals surface area (Å²) in [5.74, 6) is 0. The molecule has 0 N–H and O–H groups in total. The van der Waals surface area contributed by atoms with Crippen molar-refractivity contribution in [1.82, 2.24) is 0 Å². The third kappa shape index (κ3) is 4.11. The molecule has 48 heavy (non-hydrogen) atoms. The van der Waals surface area contributed by atoms with Gasteiger partial charge in [0.2, 0.25) is 0 Å². The summed E-state index contributed by atoms with van der Waals surface area (Å²) in [4.78, 5) is 0. The van der Waals surface area contributed by atoms with E-state index in [1.165, 1.54) is 0 Å². The molecule has 10 rings (SSSR count). The molecule has 1 heterocycles. The Morgan fingerprint density at radius 3 is 1.79 bits per heavy atom. The zero-order chi connectivity index (χ0) is 38.6. The van der Waals surface area contributed by atoms with E-state index in [0.29, 0.717) is 16.7 Å². The molecule has 0 aliphatic rings. The zero-order valence-electron chi connectivity index (χ0n) is 33.7. The predicted molar refractivity (Wildman–Crippen MR) is 204 cm³/mol. The van der Waals surface area contributed by atoms with Gasteiger partial charge in [0.25, 0.3) is 0 Å². The van der Waals surface area contributed by atoms with Crippen LogP contribution in [-0.2, 0) is 6.42 Å². The van der Waals surface area contributed by atoms with Crippen molar-refractivity contribution >= 4 is 65.0 Å². The van der Waals surface area contributed by atoms with E-state index < -0.39 is 24.2 Å². The molecular weight excluding hydrogens is 581 g/mol. The van der Waals surface area contributed by atoms with Gasteiger partial charge in [0.15, 0.2) is 0 Å². The fraction of sp³-hybridized carbons (Fsp3) is 0.0213. The van der Waals surface area contributed by atoms with Gasteiger partial charge >= 0.3 is 0 Å². The summed E-state index contributed by atoms with van der Waals surface area (Å²) in [7, 11) is 0. The maximum atomic E-state index is 9.44. The summed E-state index contributed by atoms with van der Waals surface area (Å²) >= 11 is 0. The number of furan rings is 1. The highest BCUT2D eigenvalue weighted by Gasteiger charge is 2.19. The topological polar surface area (TPSA) is 13.1 Å². The van der Waals surface area contributed by atoms with E-state index in [0.717, 1.165) is 60.2 Å². The van der Waals surface area contributed by atoms with Crippen LogP contribution in [0.15, 0.2) is 174 Å². The first-order valence-corrected chi connectivity index (χ1v) is 16.0. The minimum absolute atomic E-state index is 0.170. The SMILES string of the molecule is [2H]c1c([2H])c([2H])c2c(-c3ccc(-c4ccc5oc6ccccc6c5c4)c4ccccc34)c3c([2H])c([2H])c([2H])c([2H])c3c(Cc3cccc4ccccc34)c2c1[2H]. The monoisotopic (exact) mass is 618 g/mol. The second-order valence-electron chi connectivity index (χ2n) is 12.2. The Morgan fingerprint density at radius 1 is 0.438 bits per heavy atom. The van der Waals surface area contributed by atoms with Gasteiger partial charge in [-0.05, 0) is 101 Å². The van der Waals surface area contributed by atoms with Crippen molar-refractivity contribution < 1.29 is 15.4 Å². The number of fused-ring (bicyclic) bond motifs is 7. The van der Waals surface area contributed by atoms with Gasteiger partial charge in [-0.1, -0.05) is 151 Å². The molecule has 0 unspecified atom stereocenters. The van der Waals surface area contributed by atoms with Crippen LogP contribution in [0.2, 0.25) is 0 Å². The number of benzene rings is 9. The highest BCUT2D eigenvalue weighted by molar-refractivity contribution is 6.20. The summed E-state index contributed by atoms with van der Waals surface area (Å²) in [6, 6.07) is 36.8. The minimum Gasteiger partial charge on any atom is -0.456 e. The van der Waals surface area contributed by atoms with Gasteiger partial charge < -0.3 is 4.42 Å². The second kappa shape index (κ2) is 10.7. The largest absolute Gasteiger partial charge is 0.456 e. The first-order chi connectivity index (χ1) is 27.1. The highest BCUT2D eigenvalue weighted by atomic mass is 16.3. The third-order valence-corrected chi connectivity index (χ3v) is 9.61. The Labute approximate surface area is 289 Å². The van der Waals surface area contributed by atoms with Gasteiger partial charge in [-0.25, -0.2) is 0 Å². The van der Waals surface area contributed by atoms with Crippen molar-refractivity contribution in [3.63, 3.8) is 0 Å². The number of rotatable bonds is 4. The van der Waals surface area contributed by atoms with E-state index in [9.17, 15) is 5.48 Å². The maximum absolute atomic E-state index is 9.44. The van der Waals surface area contributed by atoms with Crippen LogP contribution in [0.3, 0.4) is 0 Å². The first-order valence-electron chi connectivity index (χ1n) is 20.0. The second-order valence-corrected chi connectivity index (χ2v) is 12.2. The molecule has 1 heteroatoms. The molecule has 224 valence electrons. The molecule has 0 atom stereocenters. The lowest BCUT2D eigenvalue weighted by Crippen LogP contribution is -1.97. The van der Waals surface area contributed by atoms with Gasteiger partial charge in [-0.3, -0.25) is 0 Å². The van der Waals surface area contributed by atoms with E-state index in [1.54, 1.807) is 0 Å². The van der Waals surface area contributed by atoms with Crippen molar-refractivity contribution in [2.24, 2.45) is 0 Å². The Bertz CT molecular complexity index is 3240. The third-order valence-electron chi connectivity index (χ3n) is 9.61. The molecule has 0 fully saturated rings. The molecule has 1 nitrogen and oxygen atoms in total. The summed E-state index contributed by atoms with van der Waals surface area (Å²) < 4.78 is 79.1.